The third-order valence-electron chi connectivity index (χ3n) is 5.50. The zero-order chi connectivity index (χ0) is 19.8. The van der Waals surface area contributed by atoms with Crippen molar-refractivity contribution in [2.75, 3.05) is 23.7 Å². The van der Waals surface area contributed by atoms with Crippen molar-refractivity contribution in [3.8, 4) is 5.69 Å². The van der Waals surface area contributed by atoms with Crippen LogP contribution in [0.2, 0.25) is 0 Å². The SMILES string of the molecule is CCN(CC)c1cc2c(cc1C)nc1cc(C)c(N)cc1[n+]2-c1ccccc1. The van der Waals surface area contributed by atoms with Gasteiger partial charge in [-0.25, -0.2) is 4.98 Å². The smallest absolute Gasteiger partial charge is 0.239 e. The molecule has 4 heteroatoms. The maximum Gasteiger partial charge on any atom is 0.239 e. The molecule has 0 spiro atoms. The number of nitrogen functional groups attached to an aromatic ring is 1. The van der Waals surface area contributed by atoms with E-state index in [0.717, 1.165) is 52.1 Å². The summed E-state index contributed by atoms with van der Waals surface area (Å²) in [7, 11) is 0. The second-order valence-corrected chi connectivity index (χ2v) is 7.28. The van der Waals surface area contributed by atoms with Crippen molar-refractivity contribution in [3.63, 3.8) is 0 Å². The van der Waals surface area contributed by atoms with E-state index in [1.807, 2.05) is 19.1 Å². The number of hydrogen-bond acceptors (Lipinski definition) is 3. The molecule has 4 nitrogen and oxygen atoms in total. The summed E-state index contributed by atoms with van der Waals surface area (Å²) in [5, 5.41) is 0. The summed E-state index contributed by atoms with van der Waals surface area (Å²) >= 11 is 0. The highest BCUT2D eigenvalue weighted by Gasteiger charge is 2.22. The van der Waals surface area contributed by atoms with E-state index in [1.165, 1.54) is 11.3 Å². The van der Waals surface area contributed by atoms with E-state index in [-0.39, 0.29) is 0 Å². The molecule has 0 aliphatic rings. The van der Waals surface area contributed by atoms with Gasteiger partial charge >= 0.3 is 0 Å². The van der Waals surface area contributed by atoms with E-state index < -0.39 is 0 Å². The second-order valence-electron chi connectivity index (χ2n) is 7.28. The molecule has 0 atom stereocenters. The van der Waals surface area contributed by atoms with Crippen LogP contribution < -0.4 is 15.2 Å². The van der Waals surface area contributed by atoms with Crippen LogP contribution in [0.15, 0.2) is 54.6 Å². The molecule has 0 saturated carbocycles. The number of anilines is 2. The summed E-state index contributed by atoms with van der Waals surface area (Å²) in [5.74, 6) is 0. The third-order valence-corrected chi connectivity index (χ3v) is 5.50. The summed E-state index contributed by atoms with van der Waals surface area (Å²) < 4.78 is 2.28. The fourth-order valence-corrected chi connectivity index (χ4v) is 3.92. The number of nitrogens with two attached hydrogens (primary N) is 1. The molecular weight excluding hydrogens is 344 g/mol. The van der Waals surface area contributed by atoms with E-state index in [4.69, 9.17) is 10.7 Å². The Labute approximate surface area is 166 Å². The van der Waals surface area contributed by atoms with Crippen molar-refractivity contribution in [2.45, 2.75) is 27.7 Å². The van der Waals surface area contributed by atoms with Crippen LogP contribution in [0, 0.1) is 13.8 Å². The van der Waals surface area contributed by atoms with E-state index in [1.54, 1.807) is 0 Å². The Morgan fingerprint density at radius 2 is 1.46 bits per heavy atom. The van der Waals surface area contributed by atoms with Crippen LogP contribution >= 0.6 is 0 Å². The van der Waals surface area contributed by atoms with Gasteiger partial charge in [-0.15, -0.1) is 4.57 Å². The fraction of sp³-hybridized carbons (Fsp3) is 0.250. The lowest BCUT2D eigenvalue weighted by molar-refractivity contribution is -0.538. The predicted octanol–water partition coefficient (Wildman–Crippen LogP) is 4.71. The normalized spacial score (nSPS) is 11.3. The summed E-state index contributed by atoms with van der Waals surface area (Å²) in [6.45, 7) is 10.5. The lowest BCUT2D eigenvalue weighted by Gasteiger charge is -2.23. The molecule has 0 unspecified atom stereocenters. The van der Waals surface area contributed by atoms with Crippen molar-refractivity contribution < 1.29 is 4.57 Å². The van der Waals surface area contributed by atoms with Crippen molar-refractivity contribution in [2.24, 2.45) is 0 Å². The van der Waals surface area contributed by atoms with Crippen molar-refractivity contribution in [1.82, 2.24) is 4.98 Å². The van der Waals surface area contributed by atoms with Gasteiger partial charge in [0.15, 0.2) is 0 Å². The molecule has 4 rings (SSSR count). The largest absolute Gasteiger partial charge is 0.398 e. The molecule has 28 heavy (non-hydrogen) atoms. The van der Waals surface area contributed by atoms with Crippen LogP contribution in [-0.2, 0) is 0 Å². The zero-order valence-corrected chi connectivity index (χ0v) is 17.0. The average molecular weight is 372 g/mol. The highest BCUT2D eigenvalue weighted by molar-refractivity contribution is 5.87. The molecule has 0 amide bonds. The Morgan fingerprint density at radius 1 is 0.857 bits per heavy atom. The number of aromatic nitrogens is 2. The molecule has 3 aromatic carbocycles. The number of nitrogens with zero attached hydrogens (tertiary/aromatic N) is 3. The first-order chi connectivity index (χ1) is 13.5. The predicted molar refractivity (Wildman–Crippen MR) is 118 cm³/mol. The number of benzene rings is 3. The minimum Gasteiger partial charge on any atom is -0.398 e. The van der Waals surface area contributed by atoms with E-state index in [2.05, 4.69) is 72.7 Å². The molecule has 142 valence electrons. The fourth-order valence-electron chi connectivity index (χ4n) is 3.92. The first kappa shape index (κ1) is 18.2. The van der Waals surface area contributed by atoms with Crippen LogP contribution in [0.3, 0.4) is 0 Å². The monoisotopic (exact) mass is 371 g/mol. The van der Waals surface area contributed by atoms with E-state index >= 15 is 0 Å². The Bertz CT molecular complexity index is 1160. The number of aryl methyl sites for hydroxylation is 2. The first-order valence-electron chi connectivity index (χ1n) is 9.90. The first-order valence-corrected chi connectivity index (χ1v) is 9.90. The van der Waals surface area contributed by atoms with Crippen molar-refractivity contribution in [1.29, 1.82) is 0 Å². The van der Waals surface area contributed by atoms with Gasteiger partial charge in [-0.3, -0.25) is 0 Å². The minimum atomic E-state index is 0.786. The lowest BCUT2D eigenvalue weighted by Crippen LogP contribution is -2.34. The van der Waals surface area contributed by atoms with Crippen molar-refractivity contribution in [3.05, 3.63) is 65.7 Å². The molecule has 0 radical (unpaired) electrons. The number of para-hydroxylation sites is 1. The van der Waals surface area contributed by atoms with E-state index in [0.29, 0.717) is 0 Å². The molecular formula is C24H27N4+. The molecule has 0 bridgehead atoms. The molecule has 0 aliphatic carbocycles. The molecule has 0 saturated heterocycles. The number of fused-ring (bicyclic) bond motifs is 2. The molecule has 4 aromatic rings. The van der Waals surface area contributed by atoms with Crippen molar-refractivity contribution >= 4 is 33.4 Å². The van der Waals surface area contributed by atoms with Gasteiger partial charge in [-0.2, -0.15) is 0 Å². The molecule has 0 aliphatic heterocycles. The summed E-state index contributed by atoms with van der Waals surface area (Å²) in [6.07, 6.45) is 0. The van der Waals surface area contributed by atoms with Gasteiger partial charge in [0, 0.05) is 48.7 Å². The van der Waals surface area contributed by atoms with Gasteiger partial charge in [-0.05, 0) is 51.0 Å². The van der Waals surface area contributed by atoms with Crippen LogP contribution in [0.5, 0.6) is 0 Å². The topological polar surface area (TPSA) is 46.0 Å². The Morgan fingerprint density at radius 3 is 2.11 bits per heavy atom. The average Bonchev–Trinajstić information content (AvgIpc) is 2.70. The summed E-state index contributed by atoms with van der Waals surface area (Å²) in [4.78, 5) is 7.37. The maximum absolute atomic E-state index is 6.27. The highest BCUT2D eigenvalue weighted by Crippen LogP contribution is 2.28. The quantitative estimate of drug-likeness (QED) is 0.321. The number of hydrogen-bond donors (Lipinski definition) is 1. The molecule has 0 fully saturated rings. The minimum absolute atomic E-state index is 0.786. The number of rotatable bonds is 4. The second kappa shape index (κ2) is 7.12. The van der Waals surface area contributed by atoms with Crippen LogP contribution in [0.25, 0.3) is 27.8 Å². The Kier molecular flexibility index (Phi) is 4.63. The highest BCUT2D eigenvalue weighted by atomic mass is 15.1. The van der Waals surface area contributed by atoms with Crippen LogP contribution in [0.1, 0.15) is 25.0 Å². The molecule has 2 N–H and O–H groups in total. The van der Waals surface area contributed by atoms with Gasteiger partial charge in [0.2, 0.25) is 16.7 Å². The van der Waals surface area contributed by atoms with Gasteiger partial charge in [0.05, 0.1) is 0 Å². The summed E-state index contributed by atoms with van der Waals surface area (Å²) in [5.41, 5.74) is 15.8. The third kappa shape index (κ3) is 2.95. The summed E-state index contributed by atoms with van der Waals surface area (Å²) in [6, 6.07) is 19.0. The lowest BCUT2D eigenvalue weighted by atomic mass is 10.1. The zero-order valence-electron chi connectivity index (χ0n) is 17.0. The van der Waals surface area contributed by atoms with E-state index in [9.17, 15) is 0 Å². The standard InChI is InChI=1S/C24H26N4/c1-5-27(6-2)22-15-24-21(13-17(22)4)26-20-12-16(3)19(25)14-23(20)28(24)18-10-8-7-9-11-18/h7-15,25H,5-6H2,1-4H3/p+1. The maximum atomic E-state index is 6.27. The van der Waals surface area contributed by atoms with Crippen LogP contribution in [0.4, 0.5) is 11.4 Å². The van der Waals surface area contributed by atoms with Gasteiger partial charge < -0.3 is 10.6 Å². The molecule has 1 aromatic heterocycles. The van der Waals surface area contributed by atoms with Gasteiger partial charge in [0.1, 0.15) is 11.0 Å². The van der Waals surface area contributed by atoms with Crippen LogP contribution in [-0.4, -0.2) is 18.1 Å². The van der Waals surface area contributed by atoms with Gasteiger partial charge in [0.25, 0.3) is 0 Å². The Balaban J connectivity index is 2.16. The molecule has 1 heterocycles. The Hall–Kier alpha value is -3.14. The van der Waals surface area contributed by atoms with Gasteiger partial charge in [-0.1, -0.05) is 18.2 Å².